The lowest BCUT2D eigenvalue weighted by atomic mass is 10.2. The molecule has 7 nitrogen and oxygen atoms in total. The summed E-state index contributed by atoms with van der Waals surface area (Å²) in [4.78, 5) is 25.8. The molecule has 1 heterocycles. The molecule has 17 heavy (non-hydrogen) atoms. The number of aromatic carboxylic acids is 1. The van der Waals surface area contributed by atoms with Crippen LogP contribution in [0.5, 0.6) is 0 Å². The van der Waals surface area contributed by atoms with Crippen molar-refractivity contribution >= 4 is 23.4 Å². The first-order valence-electron chi connectivity index (χ1n) is 5.04. The zero-order valence-electron chi connectivity index (χ0n) is 9.36. The number of nitrogen functional groups attached to an aromatic ring is 1. The quantitative estimate of drug-likeness (QED) is 0.569. The van der Waals surface area contributed by atoms with Gasteiger partial charge in [-0.2, -0.15) is 0 Å². The molecule has 1 aromatic heterocycles. The monoisotopic (exact) mass is 238 g/mol. The van der Waals surface area contributed by atoms with Gasteiger partial charge in [-0.1, -0.05) is 0 Å². The van der Waals surface area contributed by atoms with E-state index in [1.165, 1.54) is 12.3 Å². The summed E-state index contributed by atoms with van der Waals surface area (Å²) in [5, 5.41) is 14.1. The molecule has 0 spiro atoms. The number of amides is 1. The van der Waals surface area contributed by atoms with Gasteiger partial charge >= 0.3 is 5.97 Å². The van der Waals surface area contributed by atoms with Crippen molar-refractivity contribution in [3.05, 3.63) is 17.8 Å². The molecule has 92 valence electrons. The Morgan fingerprint density at radius 3 is 2.82 bits per heavy atom. The van der Waals surface area contributed by atoms with Gasteiger partial charge in [0.05, 0.1) is 24.0 Å². The Bertz CT molecular complexity index is 434. The van der Waals surface area contributed by atoms with Crippen molar-refractivity contribution in [1.82, 2.24) is 10.3 Å². The van der Waals surface area contributed by atoms with Gasteiger partial charge in [-0.05, 0) is 13.0 Å². The van der Waals surface area contributed by atoms with Crippen LogP contribution >= 0.6 is 0 Å². The van der Waals surface area contributed by atoms with Crippen LogP contribution in [0.15, 0.2) is 12.3 Å². The molecule has 0 unspecified atom stereocenters. The Morgan fingerprint density at radius 2 is 2.24 bits per heavy atom. The lowest BCUT2D eigenvalue weighted by Gasteiger charge is -2.07. The highest BCUT2D eigenvalue weighted by Gasteiger charge is 2.09. The third-order valence-corrected chi connectivity index (χ3v) is 1.97. The number of aromatic nitrogens is 1. The van der Waals surface area contributed by atoms with Crippen LogP contribution in [0, 0.1) is 0 Å². The van der Waals surface area contributed by atoms with E-state index >= 15 is 0 Å². The minimum Gasteiger partial charge on any atom is -0.478 e. The van der Waals surface area contributed by atoms with Crippen LogP contribution < -0.4 is 16.4 Å². The number of carbonyl (C=O) groups excluding carboxylic acids is 1. The molecule has 5 N–H and O–H groups in total. The summed E-state index contributed by atoms with van der Waals surface area (Å²) in [7, 11) is 0. The number of likely N-dealkylation sites (N-methyl/N-ethyl adjacent to an activating group) is 1. The molecular formula is C10H14N4O3. The third-order valence-electron chi connectivity index (χ3n) is 1.97. The molecule has 1 rings (SSSR count). The van der Waals surface area contributed by atoms with Crippen LogP contribution in [0.4, 0.5) is 11.5 Å². The zero-order chi connectivity index (χ0) is 12.8. The highest BCUT2D eigenvalue weighted by Crippen LogP contribution is 2.14. The number of anilines is 2. The molecule has 0 saturated heterocycles. The Hall–Kier alpha value is -2.31. The molecule has 0 aromatic carbocycles. The minimum atomic E-state index is -1.13. The van der Waals surface area contributed by atoms with Gasteiger partial charge in [-0.25, -0.2) is 9.78 Å². The van der Waals surface area contributed by atoms with E-state index in [-0.39, 0.29) is 23.7 Å². The predicted octanol–water partition coefficient (Wildman–Crippen LogP) is -0.0900. The molecule has 7 heteroatoms. The Morgan fingerprint density at radius 1 is 1.53 bits per heavy atom. The lowest BCUT2D eigenvalue weighted by Crippen LogP contribution is -2.29. The summed E-state index contributed by atoms with van der Waals surface area (Å²) in [5.41, 5.74) is 5.48. The fourth-order valence-corrected chi connectivity index (χ4v) is 1.18. The average Bonchev–Trinajstić information content (AvgIpc) is 2.28. The summed E-state index contributed by atoms with van der Waals surface area (Å²) < 4.78 is 0. The minimum absolute atomic E-state index is 0.0316. The van der Waals surface area contributed by atoms with Gasteiger partial charge in [0.2, 0.25) is 5.91 Å². The maximum absolute atomic E-state index is 11.2. The second-order valence-electron chi connectivity index (χ2n) is 3.27. The number of nitrogens with one attached hydrogen (secondary N) is 2. The number of carboxylic acids is 1. The van der Waals surface area contributed by atoms with Gasteiger partial charge in [-0.3, -0.25) is 4.79 Å². The molecule has 0 atom stereocenters. The first kappa shape index (κ1) is 12.8. The number of hydrogen-bond acceptors (Lipinski definition) is 5. The predicted molar refractivity (Wildman–Crippen MR) is 62.8 cm³/mol. The fraction of sp³-hybridized carbons (Fsp3) is 0.300. The van der Waals surface area contributed by atoms with E-state index in [4.69, 9.17) is 10.8 Å². The number of rotatable bonds is 5. The van der Waals surface area contributed by atoms with Crippen molar-refractivity contribution in [1.29, 1.82) is 0 Å². The van der Waals surface area contributed by atoms with Crippen LogP contribution in [-0.4, -0.2) is 35.1 Å². The normalized spacial score (nSPS) is 9.71. The van der Waals surface area contributed by atoms with Crippen LogP contribution in [-0.2, 0) is 4.79 Å². The van der Waals surface area contributed by atoms with Gasteiger partial charge in [0.15, 0.2) is 0 Å². The molecule has 0 radical (unpaired) electrons. The van der Waals surface area contributed by atoms with Crippen molar-refractivity contribution in [3.8, 4) is 0 Å². The number of hydrogen-bond donors (Lipinski definition) is 4. The summed E-state index contributed by atoms with van der Waals surface area (Å²) >= 11 is 0. The van der Waals surface area contributed by atoms with Crippen molar-refractivity contribution in [3.63, 3.8) is 0 Å². The molecule has 0 aliphatic heterocycles. The van der Waals surface area contributed by atoms with E-state index < -0.39 is 5.97 Å². The molecule has 1 amide bonds. The number of carboxylic acid groups (broad SMARTS) is 1. The summed E-state index contributed by atoms with van der Waals surface area (Å²) in [6.07, 6.45) is 1.24. The average molecular weight is 238 g/mol. The van der Waals surface area contributed by atoms with E-state index in [1.807, 2.05) is 6.92 Å². The zero-order valence-corrected chi connectivity index (χ0v) is 9.36. The lowest BCUT2D eigenvalue weighted by molar-refractivity contribution is -0.119. The Kier molecular flexibility index (Phi) is 4.27. The maximum atomic E-state index is 11.2. The molecule has 1 aromatic rings. The van der Waals surface area contributed by atoms with Crippen LogP contribution in [0.3, 0.4) is 0 Å². The first-order chi connectivity index (χ1) is 8.04. The molecular weight excluding hydrogens is 224 g/mol. The van der Waals surface area contributed by atoms with E-state index in [0.717, 1.165) is 0 Å². The molecule has 0 aliphatic rings. The number of nitrogens with zero attached hydrogens (tertiary/aromatic N) is 1. The van der Waals surface area contributed by atoms with Crippen molar-refractivity contribution in [2.24, 2.45) is 0 Å². The number of carbonyl (C=O) groups is 2. The van der Waals surface area contributed by atoms with Crippen molar-refractivity contribution in [2.45, 2.75) is 6.92 Å². The van der Waals surface area contributed by atoms with E-state index in [0.29, 0.717) is 12.4 Å². The van der Waals surface area contributed by atoms with Gasteiger partial charge in [-0.15, -0.1) is 0 Å². The SMILES string of the molecule is CCNC(=O)CNc1cc(C(=O)O)c(N)cn1. The van der Waals surface area contributed by atoms with Gasteiger partial charge in [0, 0.05) is 6.54 Å². The Labute approximate surface area is 98.0 Å². The van der Waals surface area contributed by atoms with Crippen LogP contribution in [0.1, 0.15) is 17.3 Å². The van der Waals surface area contributed by atoms with E-state index in [2.05, 4.69) is 15.6 Å². The molecule has 0 bridgehead atoms. The maximum Gasteiger partial charge on any atom is 0.337 e. The van der Waals surface area contributed by atoms with E-state index in [1.54, 1.807) is 0 Å². The third kappa shape index (κ3) is 3.63. The summed E-state index contributed by atoms with van der Waals surface area (Å²) in [5.74, 6) is -1.03. The standard InChI is InChI=1S/C10H14N4O3/c1-2-12-9(15)5-14-8-3-6(10(16)17)7(11)4-13-8/h3-4H,2,5,11H2,1H3,(H,12,15)(H,13,14)(H,16,17). The van der Waals surface area contributed by atoms with Gasteiger partial charge < -0.3 is 21.5 Å². The van der Waals surface area contributed by atoms with Crippen molar-refractivity contribution in [2.75, 3.05) is 24.1 Å². The number of nitrogens with two attached hydrogens (primary N) is 1. The highest BCUT2D eigenvalue weighted by molar-refractivity contribution is 5.94. The highest BCUT2D eigenvalue weighted by atomic mass is 16.4. The second-order valence-corrected chi connectivity index (χ2v) is 3.27. The summed E-state index contributed by atoms with van der Waals surface area (Å²) in [6, 6.07) is 1.29. The van der Waals surface area contributed by atoms with Crippen LogP contribution in [0.25, 0.3) is 0 Å². The van der Waals surface area contributed by atoms with Gasteiger partial charge in [0.25, 0.3) is 0 Å². The van der Waals surface area contributed by atoms with Crippen molar-refractivity contribution < 1.29 is 14.7 Å². The number of pyridine rings is 1. The molecule has 0 aliphatic carbocycles. The first-order valence-corrected chi connectivity index (χ1v) is 5.04. The topological polar surface area (TPSA) is 117 Å². The smallest absolute Gasteiger partial charge is 0.337 e. The summed E-state index contributed by atoms with van der Waals surface area (Å²) in [6.45, 7) is 2.38. The Balaban J connectivity index is 2.69. The van der Waals surface area contributed by atoms with E-state index in [9.17, 15) is 9.59 Å². The largest absolute Gasteiger partial charge is 0.478 e. The second kappa shape index (κ2) is 5.69. The van der Waals surface area contributed by atoms with Crippen LogP contribution in [0.2, 0.25) is 0 Å². The molecule has 0 saturated carbocycles. The fourth-order valence-electron chi connectivity index (χ4n) is 1.18. The molecule has 0 fully saturated rings. The van der Waals surface area contributed by atoms with Gasteiger partial charge in [0.1, 0.15) is 5.82 Å².